The van der Waals surface area contributed by atoms with E-state index in [1.54, 1.807) is 19.1 Å². The largest absolute Gasteiger partial charge is 0.497 e. The van der Waals surface area contributed by atoms with E-state index in [0.29, 0.717) is 16.7 Å². The van der Waals surface area contributed by atoms with Crippen LogP contribution in [-0.4, -0.2) is 71.1 Å². The number of amides is 2. The van der Waals surface area contributed by atoms with Gasteiger partial charge in [-0.3, -0.25) is 14.2 Å². The Morgan fingerprint density at radius 2 is 1.74 bits per heavy atom. The summed E-state index contributed by atoms with van der Waals surface area (Å²) < 4.78 is 12.7. The minimum Gasteiger partial charge on any atom is -0.497 e. The first kappa shape index (κ1) is 23.6. The average Bonchev–Trinajstić information content (AvgIpc) is 3.56. The quantitative estimate of drug-likeness (QED) is 0.469. The molecule has 1 aliphatic heterocycles. The SMILES string of the molecule is COc1ccc(-n2c(SCC(=O)NCC(=O)N3CCCC3)nnc2-c2ccccc2OC)cc1. The number of nitrogens with one attached hydrogen (secondary N) is 1. The Morgan fingerprint density at radius 3 is 2.44 bits per heavy atom. The molecule has 1 aliphatic rings. The molecule has 0 bridgehead atoms. The second-order valence-corrected chi connectivity index (χ2v) is 8.64. The summed E-state index contributed by atoms with van der Waals surface area (Å²) in [4.78, 5) is 26.4. The van der Waals surface area contributed by atoms with Gasteiger partial charge >= 0.3 is 0 Å². The van der Waals surface area contributed by atoms with E-state index >= 15 is 0 Å². The highest BCUT2D eigenvalue weighted by Gasteiger charge is 2.21. The fourth-order valence-corrected chi connectivity index (χ4v) is 4.55. The van der Waals surface area contributed by atoms with Crippen molar-refractivity contribution in [3.63, 3.8) is 0 Å². The molecule has 0 spiro atoms. The number of carbonyl (C=O) groups is 2. The zero-order valence-corrected chi connectivity index (χ0v) is 20.0. The molecular formula is C24H27N5O4S. The highest BCUT2D eigenvalue weighted by atomic mass is 32.2. The van der Waals surface area contributed by atoms with Crippen LogP contribution in [0.3, 0.4) is 0 Å². The highest BCUT2D eigenvalue weighted by molar-refractivity contribution is 7.99. The van der Waals surface area contributed by atoms with Gasteiger partial charge in [-0.15, -0.1) is 10.2 Å². The van der Waals surface area contributed by atoms with Gasteiger partial charge in [-0.25, -0.2) is 0 Å². The van der Waals surface area contributed by atoms with Crippen molar-refractivity contribution in [1.29, 1.82) is 0 Å². The van der Waals surface area contributed by atoms with Crippen LogP contribution in [0.25, 0.3) is 17.1 Å². The third-order valence-corrected chi connectivity index (χ3v) is 6.47. The number of hydrogen-bond acceptors (Lipinski definition) is 7. The smallest absolute Gasteiger partial charge is 0.241 e. The van der Waals surface area contributed by atoms with Crippen molar-refractivity contribution < 1.29 is 19.1 Å². The van der Waals surface area contributed by atoms with Gasteiger partial charge < -0.3 is 19.7 Å². The van der Waals surface area contributed by atoms with Crippen LogP contribution in [0.15, 0.2) is 53.7 Å². The first-order valence-electron chi connectivity index (χ1n) is 11.0. The molecule has 1 aromatic heterocycles. The molecule has 1 N–H and O–H groups in total. The lowest BCUT2D eigenvalue weighted by molar-refractivity contribution is -0.131. The van der Waals surface area contributed by atoms with Crippen LogP contribution < -0.4 is 14.8 Å². The molecule has 10 heteroatoms. The summed E-state index contributed by atoms with van der Waals surface area (Å²) in [5, 5.41) is 12.0. The fourth-order valence-electron chi connectivity index (χ4n) is 3.76. The van der Waals surface area contributed by atoms with Gasteiger partial charge in [0.15, 0.2) is 11.0 Å². The Bertz CT molecular complexity index is 1140. The summed E-state index contributed by atoms with van der Waals surface area (Å²) >= 11 is 1.25. The number of carbonyl (C=O) groups excluding carboxylic acids is 2. The average molecular weight is 482 g/mol. The molecule has 1 fully saturated rings. The number of para-hydroxylation sites is 1. The van der Waals surface area contributed by atoms with Crippen LogP contribution >= 0.6 is 11.8 Å². The summed E-state index contributed by atoms with van der Waals surface area (Å²) in [7, 11) is 3.22. The van der Waals surface area contributed by atoms with Crippen LogP contribution in [-0.2, 0) is 9.59 Å². The molecule has 0 unspecified atom stereocenters. The van der Waals surface area contributed by atoms with Crippen molar-refractivity contribution in [2.24, 2.45) is 0 Å². The minimum absolute atomic E-state index is 0.0109. The van der Waals surface area contributed by atoms with Crippen molar-refractivity contribution in [3.05, 3.63) is 48.5 Å². The maximum absolute atomic E-state index is 12.4. The molecule has 1 saturated heterocycles. The Kier molecular flexibility index (Phi) is 7.69. The third-order valence-electron chi connectivity index (χ3n) is 5.54. The summed E-state index contributed by atoms with van der Waals surface area (Å²) in [6.07, 6.45) is 2.04. The zero-order chi connectivity index (χ0) is 23.9. The van der Waals surface area contributed by atoms with E-state index in [2.05, 4.69) is 15.5 Å². The van der Waals surface area contributed by atoms with Crippen LogP contribution in [0, 0.1) is 0 Å². The molecule has 0 aliphatic carbocycles. The number of rotatable bonds is 9. The van der Waals surface area contributed by atoms with Crippen LogP contribution in [0.1, 0.15) is 12.8 Å². The molecule has 4 rings (SSSR count). The Hall–Kier alpha value is -3.53. The molecule has 178 valence electrons. The molecule has 2 amide bonds. The predicted molar refractivity (Wildman–Crippen MR) is 129 cm³/mol. The lowest BCUT2D eigenvalue weighted by Gasteiger charge is -2.15. The molecule has 0 saturated carbocycles. The van der Waals surface area contributed by atoms with E-state index in [1.807, 2.05) is 53.1 Å². The molecule has 9 nitrogen and oxygen atoms in total. The predicted octanol–water partition coefficient (Wildman–Crippen LogP) is 2.78. The van der Waals surface area contributed by atoms with E-state index in [9.17, 15) is 9.59 Å². The van der Waals surface area contributed by atoms with Gasteiger partial charge in [0.1, 0.15) is 11.5 Å². The summed E-state index contributed by atoms with van der Waals surface area (Å²) in [5.74, 6) is 1.81. The number of aromatic nitrogens is 3. The molecule has 0 atom stereocenters. The molecular weight excluding hydrogens is 454 g/mol. The number of nitrogens with zero attached hydrogens (tertiary/aromatic N) is 4. The van der Waals surface area contributed by atoms with Crippen LogP contribution in [0.2, 0.25) is 0 Å². The van der Waals surface area contributed by atoms with Gasteiger partial charge in [-0.05, 0) is 49.2 Å². The van der Waals surface area contributed by atoms with E-state index in [-0.39, 0.29) is 24.1 Å². The number of ether oxygens (including phenoxy) is 2. The Balaban J connectivity index is 1.54. The zero-order valence-electron chi connectivity index (χ0n) is 19.2. The van der Waals surface area contributed by atoms with Gasteiger partial charge in [0, 0.05) is 13.1 Å². The number of hydrogen-bond donors (Lipinski definition) is 1. The Labute approximate surface area is 202 Å². The Morgan fingerprint density at radius 1 is 1.00 bits per heavy atom. The van der Waals surface area contributed by atoms with Crippen molar-refractivity contribution in [1.82, 2.24) is 25.0 Å². The highest BCUT2D eigenvalue weighted by Crippen LogP contribution is 2.33. The van der Waals surface area contributed by atoms with Crippen LogP contribution in [0.4, 0.5) is 0 Å². The van der Waals surface area contributed by atoms with Crippen molar-refractivity contribution in [3.8, 4) is 28.6 Å². The van der Waals surface area contributed by atoms with Gasteiger partial charge in [0.05, 0.1) is 37.8 Å². The number of benzene rings is 2. The summed E-state index contributed by atoms with van der Waals surface area (Å²) in [6, 6.07) is 15.1. The van der Waals surface area contributed by atoms with Crippen molar-refractivity contribution >= 4 is 23.6 Å². The molecule has 3 aromatic rings. The second-order valence-electron chi connectivity index (χ2n) is 7.69. The van der Waals surface area contributed by atoms with Gasteiger partial charge in [0.2, 0.25) is 11.8 Å². The number of methoxy groups -OCH3 is 2. The van der Waals surface area contributed by atoms with Gasteiger partial charge in [-0.1, -0.05) is 23.9 Å². The minimum atomic E-state index is -0.235. The summed E-state index contributed by atoms with van der Waals surface area (Å²) in [6.45, 7) is 1.54. The number of likely N-dealkylation sites (tertiary alicyclic amines) is 1. The van der Waals surface area contributed by atoms with Crippen molar-refractivity contribution in [2.45, 2.75) is 18.0 Å². The lowest BCUT2D eigenvalue weighted by atomic mass is 10.2. The molecule has 2 heterocycles. The second kappa shape index (κ2) is 11.1. The lowest BCUT2D eigenvalue weighted by Crippen LogP contribution is -2.39. The normalized spacial score (nSPS) is 13.1. The summed E-state index contributed by atoms with van der Waals surface area (Å²) in [5.41, 5.74) is 1.60. The monoisotopic (exact) mass is 481 g/mol. The topological polar surface area (TPSA) is 98.6 Å². The van der Waals surface area contributed by atoms with Gasteiger partial charge in [0.25, 0.3) is 0 Å². The fraction of sp³-hybridized carbons (Fsp3) is 0.333. The first-order chi connectivity index (χ1) is 16.6. The molecule has 0 radical (unpaired) electrons. The maximum atomic E-state index is 12.4. The van der Waals surface area contributed by atoms with E-state index in [0.717, 1.165) is 42.9 Å². The number of thioether (sulfide) groups is 1. The van der Waals surface area contributed by atoms with E-state index in [4.69, 9.17) is 9.47 Å². The molecule has 2 aromatic carbocycles. The third kappa shape index (κ3) is 5.33. The van der Waals surface area contributed by atoms with E-state index < -0.39 is 0 Å². The first-order valence-corrected chi connectivity index (χ1v) is 12.0. The maximum Gasteiger partial charge on any atom is 0.241 e. The van der Waals surface area contributed by atoms with Crippen LogP contribution in [0.5, 0.6) is 11.5 Å². The van der Waals surface area contributed by atoms with Gasteiger partial charge in [-0.2, -0.15) is 0 Å². The standard InChI is InChI=1S/C24H27N5O4S/c1-32-18-11-9-17(10-12-18)29-23(19-7-3-4-8-20(19)33-2)26-27-24(29)34-16-21(30)25-15-22(31)28-13-5-6-14-28/h3-4,7-12H,5-6,13-16H2,1-2H3,(H,25,30). The van der Waals surface area contributed by atoms with E-state index in [1.165, 1.54) is 11.8 Å². The molecule has 34 heavy (non-hydrogen) atoms. The van der Waals surface area contributed by atoms with Crippen molar-refractivity contribution in [2.75, 3.05) is 39.6 Å².